The van der Waals surface area contributed by atoms with E-state index in [0.29, 0.717) is 19.3 Å². The maximum absolute atomic E-state index is 5.48. The van der Waals surface area contributed by atoms with E-state index >= 15 is 0 Å². The van der Waals surface area contributed by atoms with Gasteiger partial charge in [0.15, 0.2) is 0 Å². The summed E-state index contributed by atoms with van der Waals surface area (Å²) in [7, 11) is 3.70. The zero-order valence-electron chi connectivity index (χ0n) is 13.5. The minimum Gasteiger partial charge on any atom is -0.382 e. The Bertz CT molecular complexity index is 387. The first-order valence-corrected chi connectivity index (χ1v) is 7.43. The average molecular weight is 283 g/mol. The van der Waals surface area contributed by atoms with Crippen LogP contribution >= 0.6 is 0 Å². The largest absolute Gasteiger partial charge is 0.382 e. The fourth-order valence-electron chi connectivity index (χ4n) is 2.55. The van der Waals surface area contributed by atoms with Crippen molar-refractivity contribution in [1.29, 1.82) is 0 Å². The molecule has 0 fully saturated rings. The van der Waals surface area contributed by atoms with Crippen molar-refractivity contribution in [2.45, 2.75) is 46.2 Å². The highest BCUT2D eigenvalue weighted by atomic mass is 16.5. The Labute approximate surface area is 122 Å². The van der Waals surface area contributed by atoms with Crippen LogP contribution in [0.15, 0.2) is 0 Å². The van der Waals surface area contributed by atoms with Gasteiger partial charge in [0.25, 0.3) is 0 Å². The molecule has 1 atom stereocenters. The highest BCUT2D eigenvalue weighted by Gasteiger charge is 2.17. The number of hydrogen-bond donors (Lipinski definition) is 1. The summed E-state index contributed by atoms with van der Waals surface area (Å²) < 4.78 is 12.5. The van der Waals surface area contributed by atoms with E-state index in [9.17, 15) is 0 Å². The predicted octanol–water partition coefficient (Wildman–Crippen LogP) is 2.22. The van der Waals surface area contributed by atoms with Crippen molar-refractivity contribution < 1.29 is 9.47 Å². The van der Waals surface area contributed by atoms with Gasteiger partial charge in [0, 0.05) is 37.6 Å². The van der Waals surface area contributed by atoms with E-state index in [1.54, 1.807) is 7.11 Å². The van der Waals surface area contributed by atoms with Crippen LogP contribution in [-0.4, -0.2) is 43.8 Å². The molecular weight excluding hydrogens is 254 g/mol. The number of hydrogen-bond acceptors (Lipinski definition) is 4. The van der Waals surface area contributed by atoms with Crippen LogP contribution in [0.1, 0.15) is 42.8 Å². The van der Waals surface area contributed by atoms with Gasteiger partial charge in [0.1, 0.15) is 0 Å². The number of nitrogens with zero attached hydrogens (tertiary/aromatic N) is 2. The Morgan fingerprint density at radius 2 is 2.00 bits per heavy atom. The Morgan fingerprint density at radius 1 is 1.25 bits per heavy atom. The second-order valence-corrected chi connectivity index (χ2v) is 5.02. The van der Waals surface area contributed by atoms with Gasteiger partial charge in [-0.2, -0.15) is 5.10 Å². The maximum atomic E-state index is 5.48. The van der Waals surface area contributed by atoms with Crippen molar-refractivity contribution >= 4 is 0 Å². The Hall–Kier alpha value is -0.910. The molecule has 1 aromatic rings. The van der Waals surface area contributed by atoms with Gasteiger partial charge < -0.3 is 14.8 Å². The average Bonchev–Trinajstić information content (AvgIpc) is 2.72. The summed E-state index contributed by atoms with van der Waals surface area (Å²) in [6.45, 7) is 9.41. The first kappa shape index (κ1) is 17.1. The molecule has 1 aromatic heterocycles. The Balaban J connectivity index is 2.53. The third-order valence-electron chi connectivity index (χ3n) is 3.63. The molecule has 5 nitrogen and oxygen atoms in total. The zero-order valence-corrected chi connectivity index (χ0v) is 13.5. The van der Waals surface area contributed by atoms with Gasteiger partial charge in [-0.05, 0) is 33.7 Å². The third-order valence-corrected chi connectivity index (χ3v) is 3.63. The van der Waals surface area contributed by atoms with Gasteiger partial charge in [0.05, 0.1) is 18.9 Å². The monoisotopic (exact) mass is 283 g/mol. The van der Waals surface area contributed by atoms with Crippen molar-refractivity contribution in [2.24, 2.45) is 0 Å². The van der Waals surface area contributed by atoms with E-state index in [4.69, 9.17) is 9.47 Å². The van der Waals surface area contributed by atoms with Crippen molar-refractivity contribution in [3.8, 4) is 0 Å². The highest BCUT2D eigenvalue weighted by Crippen LogP contribution is 2.23. The molecule has 1 rings (SSSR count). The van der Waals surface area contributed by atoms with E-state index in [2.05, 4.69) is 35.9 Å². The van der Waals surface area contributed by atoms with E-state index in [-0.39, 0.29) is 0 Å². The molecule has 20 heavy (non-hydrogen) atoms. The zero-order chi connectivity index (χ0) is 15.0. The summed E-state index contributed by atoms with van der Waals surface area (Å²) >= 11 is 0. The molecule has 0 bridgehead atoms. The molecule has 0 saturated carbocycles. The lowest BCUT2D eigenvalue weighted by Crippen LogP contribution is -2.17. The molecule has 116 valence electrons. The highest BCUT2D eigenvalue weighted by molar-refractivity contribution is 5.28. The lowest BCUT2D eigenvalue weighted by Gasteiger charge is -2.14. The minimum atomic E-state index is 0.390. The molecule has 1 heterocycles. The van der Waals surface area contributed by atoms with Gasteiger partial charge in [-0.1, -0.05) is 6.92 Å². The minimum absolute atomic E-state index is 0.390. The standard InChI is InChI=1S/C15H29N3O2/c1-6-14(16-4)15-12(2)17-18(13(15)3)8-7-9-20-11-10-19-5/h14,16H,6-11H2,1-5H3. The van der Waals surface area contributed by atoms with Crippen LogP contribution in [0, 0.1) is 13.8 Å². The molecule has 0 spiro atoms. The second-order valence-electron chi connectivity index (χ2n) is 5.02. The normalized spacial score (nSPS) is 12.8. The summed E-state index contributed by atoms with van der Waals surface area (Å²) in [5.41, 5.74) is 3.74. The topological polar surface area (TPSA) is 48.3 Å². The van der Waals surface area contributed by atoms with Gasteiger partial charge in [-0.25, -0.2) is 0 Å². The molecule has 0 aliphatic heterocycles. The summed E-state index contributed by atoms with van der Waals surface area (Å²) in [6.07, 6.45) is 2.05. The quantitative estimate of drug-likeness (QED) is 0.669. The third kappa shape index (κ3) is 4.58. The molecule has 0 radical (unpaired) electrons. The molecule has 1 N–H and O–H groups in total. The predicted molar refractivity (Wildman–Crippen MR) is 81.1 cm³/mol. The molecule has 0 aliphatic carbocycles. The van der Waals surface area contributed by atoms with Crippen LogP contribution in [0.3, 0.4) is 0 Å². The molecule has 0 amide bonds. The molecular formula is C15H29N3O2. The summed E-state index contributed by atoms with van der Waals surface area (Å²) in [6, 6.07) is 0.390. The second kappa shape index (κ2) is 9.10. The van der Waals surface area contributed by atoms with Crippen molar-refractivity contribution in [1.82, 2.24) is 15.1 Å². The van der Waals surface area contributed by atoms with Crippen molar-refractivity contribution in [2.75, 3.05) is 34.0 Å². The van der Waals surface area contributed by atoms with Gasteiger partial charge in [-0.15, -0.1) is 0 Å². The number of aryl methyl sites for hydroxylation is 2. The van der Waals surface area contributed by atoms with E-state index in [1.807, 2.05) is 7.05 Å². The van der Waals surface area contributed by atoms with Gasteiger partial charge >= 0.3 is 0 Å². The first-order valence-electron chi connectivity index (χ1n) is 7.43. The molecule has 0 aromatic carbocycles. The summed E-state index contributed by atoms with van der Waals surface area (Å²) in [5.74, 6) is 0. The van der Waals surface area contributed by atoms with Crippen LogP contribution in [0.4, 0.5) is 0 Å². The van der Waals surface area contributed by atoms with E-state index < -0.39 is 0 Å². The Kier molecular flexibility index (Phi) is 7.80. The van der Waals surface area contributed by atoms with Crippen molar-refractivity contribution in [3.63, 3.8) is 0 Å². The SMILES string of the molecule is CCC(NC)c1c(C)nn(CCCOCCOC)c1C. The maximum Gasteiger partial charge on any atom is 0.0700 e. The van der Waals surface area contributed by atoms with Crippen LogP contribution < -0.4 is 5.32 Å². The number of methoxy groups -OCH3 is 1. The van der Waals surface area contributed by atoms with Crippen molar-refractivity contribution in [3.05, 3.63) is 17.0 Å². The van der Waals surface area contributed by atoms with Gasteiger partial charge in [-0.3, -0.25) is 4.68 Å². The molecule has 0 saturated heterocycles. The van der Waals surface area contributed by atoms with E-state index in [1.165, 1.54) is 11.3 Å². The lowest BCUT2D eigenvalue weighted by molar-refractivity contribution is 0.0676. The molecule has 0 aliphatic rings. The number of rotatable bonds is 10. The Morgan fingerprint density at radius 3 is 2.60 bits per heavy atom. The first-order chi connectivity index (χ1) is 9.65. The van der Waals surface area contributed by atoms with E-state index in [0.717, 1.165) is 31.7 Å². The van der Waals surface area contributed by atoms with Crippen LogP contribution in [-0.2, 0) is 16.0 Å². The van der Waals surface area contributed by atoms with Gasteiger partial charge in [0.2, 0.25) is 0 Å². The van der Waals surface area contributed by atoms with Crippen LogP contribution in [0.5, 0.6) is 0 Å². The molecule has 5 heteroatoms. The number of aromatic nitrogens is 2. The summed E-state index contributed by atoms with van der Waals surface area (Å²) in [4.78, 5) is 0. The van der Waals surface area contributed by atoms with Crippen LogP contribution in [0.25, 0.3) is 0 Å². The number of nitrogens with one attached hydrogen (secondary N) is 1. The number of ether oxygens (including phenoxy) is 2. The molecule has 1 unspecified atom stereocenters. The smallest absolute Gasteiger partial charge is 0.0700 e. The lowest BCUT2D eigenvalue weighted by atomic mass is 10.0. The fraction of sp³-hybridized carbons (Fsp3) is 0.800. The van der Waals surface area contributed by atoms with Crippen LogP contribution in [0.2, 0.25) is 0 Å². The summed E-state index contributed by atoms with van der Waals surface area (Å²) in [5, 5.41) is 8.02. The fourth-order valence-corrected chi connectivity index (χ4v) is 2.55.